The van der Waals surface area contributed by atoms with Gasteiger partial charge in [0.2, 0.25) is 5.91 Å². The minimum Gasteiger partial charge on any atom is -0.310 e. The van der Waals surface area contributed by atoms with Crippen molar-refractivity contribution >= 4 is 39.3 Å². The molecule has 0 aliphatic carbocycles. The third kappa shape index (κ3) is 2.89. The van der Waals surface area contributed by atoms with E-state index < -0.39 is 0 Å². The maximum Gasteiger partial charge on any atom is 0.226 e. The van der Waals surface area contributed by atoms with Crippen molar-refractivity contribution in [3.63, 3.8) is 0 Å². The molecule has 6 nitrogen and oxygen atoms in total. The second-order valence-electron chi connectivity index (χ2n) is 5.95. The third-order valence-electron chi connectivity index (χ3n) is 4.28. The predicted molar refractivity (Wildman–Crippen MR) is 98.1 cm³/mol. The van der Waals surface area contributed by atoms with E-state index in [0.29, 0.717) is 16.1 Å². The fraction of sp³-hybridized carbons (Fsp3) is 0.176. The molecule has 0 saturated heterocycles. The number of nitrogens with one attached hydrogen (secondary N) is 1. The zero-order chi connectivity index (χ0) is 18.4. The minimum absolute atomic E-state index is 0.147. The van der Waals surface area contributed by atoms with Gasteiger partial charge in [-0.3, -0.25) is 4.79 Å². The van der Waals surface area contributed by atoms with Gasteiger partial charge in [0.1, 0.15) is 11.6 Å². The maximum absolute atomic E-state index is 13.6. The van der Waals surface area contributed by atoms with E-state index in [2.05, 4.69) is 36.5 Å². The van der Waals surface area contributed by atoms with E-state index in [9.17, 15) is 9.18 Å². The van der Waals surface area contributed by atoms with Crippen molar-refractivity contribution in [2.24, 2.45) is 0 Å². The van der Waals surface area contributed by atoms with Crippen LogP contribution in [0.15, 0.2) is 34.8 Å². The van der Waals surface area contributed by atoms with Gasteiger partial charge in [0.25, 0.3) is 0 Å². The van der Waals surface area contributed by atoms with Crippen molar-refractivity contribution in [1.82, 2.24) is 20.0 Å². The van der Waals surface area contributed by atoms with Gasteiger partial charge in [-0.15, -0.1) is 10.2 Å². The molecule has 9 heteroatoms. The lowest BCUT2D eigenvalue weighted by molar-refractivity contribution is -0.116. The van der Waals surface area contributed by atoms with Crippen molar-refractivity contribution in [1.29, 1.82) is 0 Å². The van der Waals surface area contributed by atoms with E-state index >= 15 is 0 Å². The van der Waals surface area contributed by atoms with Crippen LogP contribution < -0.4 is 5.32 Å². The fourth-order valence-corrected chi connectivity index (χ4v) is 3.65. The van der Waals surface area contributed by atoms with E-state index in [4.69, 9.17) is 11.6 Å². The Hall–Kier alpha value is -2.32. The second kappa shape index (κ2) is 6.44. The molecular formula is C17H12BrClFN5O. The summed E-state index contributed by atoms with van der Waals surface area (Å²) in [5.41, 5.74) is 2.46. The highest BCUT2D eigenvalue weighted by Crippen LogP contribution is 2.40. The number of carbonyl (C=O) groups excluding carboxylic acids is 1. The van der Waals surface area contributed by atoms with Gasteiger partial charge < -0.3 is 5.32 Å². The number of benzene rings is 1. The Morgan fingerprint density at radius 1 is 1.31 bits per heavy atom. The van der Waals surface area contributed by atoms with Crippen molar-refractivity contribution in [2.45, 2.75) is 19.3 Å². The van der Waals surface area contributed by atoms with Crippen LogP contribution in [0.5, 0.6) is 0 Å². The predicted octanol–water partition coefficient (Wildman–Crippen LogP) is 4.00. The third-order valence-corrected chi connectivity index (χ3v) is 5.09. The maximum atomic E-state index is 13.6. The van der Waals surface area contributed by atoms with Gasteiger partial charge in [-0.25, -0.2) is 4.39 Å². The molecule has 1 aliphatic rings. The fourth-order valence-electron chi connectivity index (χ4n) is 3.15. The lowest BCUT2D eigenvalue weighted by Crippen LogP contribution is -2.25. The Kier molecular flexibility index (Phi) is 4.24. The summed E-state index contributed by atoms with van der Waals surface area (Å²) in [7, 11) is 0. The number of fused-ring (bicyclic) bond motifs is 1. The van der Waals surface area contributed by atoms with E-state index in [0.717, 1.165) is 16.8 Å². The smallest absolute Gasteiger partial charge is 0.226 e. The molecule has 0 bridgehead atoms. The molecule has 0 unspecified atom stereocenters. The van der Waals surface area contributed by atoms with Gasteiger partial charge in [0.05, 0.1) is 10.2 Å². The molecule has 1 N–H and O–H groups in total. The molecule has 0 spiro atoms. The summed E-state index contributed by atoms with van der Waals surface area (Å²) < 4.78 is 15.5. The first-order valence-corrected chi connectivity index (χ1v) is 8.95. The molecule has 0 fully saturated rings. The lowest BCUT2D eigenvalue weighted by atomic mass is 9.86. The highest BCUT2D eigenvalue weighted by molar-refractivity contribution is 9.10. The molecule has 3 heterocycles. The summed E-state index contributed by atoms with van der Waals surface area (Å²) in [6, 6.07) is 8.04. The topological polar surface area (TPSA) is 72.7 Å². The summed E-state index contributed by atoms with van der Waals surface area (Å²) in [6.45, 7) is 1.86. The van der Waals surface area contributed by atoms with Crippen LogP contribution in [0.3, 0.4) is 0 Å². The van der Waals surface area contributed by atoms with E-state index in [1.54, 1.807) is 24.3 Å². The summed E-state index contributed by atoms with van der Waals surface area (Å²) in [4.78, 5) is 12.3. The average molecular weight is 437 g/mol. The average Bonchev–Trinajstić information content (AvgIpc) is 2.94. The standard InChI is InChI=1S/C17H12BrClFN5O/c1-8-16-10(9-2-3-12(20)11(18)6-9)7-15(26)21-17(16)25(24-8)14-5-4-13(19)22-23-14/h2-6,10H,7H2,1H3,(H,21,26)/t10-/m1/s1. The van der Waals surface area contributed by atoms with Gasteiger partial charge in [-0.1, -0.05) is 17.7 Å². The van der Waals surface area contributed by atoms with Gasteiger partial charge in [0, 0.05) is 17.9 Å². The lowest BCUT2D eigenvalue weighted by Gasteiger charge is -2.24. The number of hydrogen-bond acceptors (Lipinski definition) is 4. The van der Waals surface area contributed by atoms with Crippen LogP contribution in [0.25, 0.3) is 5.82 Å². The number of halogens is 3. The summed E-state index contributed by atoms with van der Waals surface area (Å²) in [5.74, 6) is 0.259. The molecule has 1 aromatic carbocycles. The van der Waals surface area contributed by atoms with Gasteiger partial charge in [-0.05, 0) is 52.7 Å². The van der Waals surface area contributed by atoms with E-state index in [1.165, 1.54) is 10.7 Å². The molecular weight excluding hydrogens is 425 g/mol. The Labute approximate surface area is 161 Å². The number of amides is 1. The number of carbonyl (C=O) groups is 1. The zero-order valence-electron chi connectivity index (χ0n) is 13.5. The summed E-state index contributed by atoms with van der Waals surface area (Å²) in [6.07, 6.45) is 0.254. The number of anilines is 1. The van der Waals surface area contributed by atoms with Gasteiger partial charge in [0.15, 0.2) is 11.0 Å². The second-order valence-corrected chi connectivity index (χ2v) is 7.19. The molecule has 26 heavy (non-hydrogen) atoms. The Morgan fingerprint density at radius 3 is 2.81 bits per heavy atom. The molecule has 0 saturated carbocycles. The number of hydrogen-bond donors (Lipinski definition) is 1. The molecule has 2 aromatic heterocycles. The van der Waals surface area contributed by atoms with Crippen LogP contribution in [0.1, 0.15) is 29.2 Å². The molecule has 1 atom stereocenters. The molecule has 1 amide bonds. The van der Waals surface area contributed by atoms with Crippen LogP contribution in [0.4, 0.5) is 10.2 Å². The van der Waals surface area contributed by atoms with Crippen LogP contribution in [-0.2, 0) is 4.79 Å². The van der Waals surface area contributed by atoms with Gasteiger partial charge >= 0.3 is 0 Å². The summed E-state index contributed by atoms with van der Waals surface area (Å²) >= 11 is 9.00. The zero-order valence-corrected chi connectivity index (χ0v) is 15.8. The Morgan fingerprint density at radius 2 is 2.12 bits per heavy atom. The quantitative estimate of drug-likeness (QED) is 0.659. The molecule has 4 rings (SSSR count). The van der Waals surface area contributed by atoms with Crippen molar-refractivity contribution < 1.29 is 9.18 Å². The molecule has 132 valence electrons. The highest BCUT2D eigenvalue weighted by atomic mass is 79.9. The first-order valence-electron chi connectivity index (χ1n) is 7.78. The Bertz CT molecular complexity index is 1020. The molecule has 3 aromatic rings. The SMILES string of the molecule is Cc1nn(-c2ccc(Cl)nn2)c2c1[C@@H](c1ccc(F)c(Br)c1)CC(=O)N2. The number of aryl methyl sites for hydroxylation is 1. The van der Waals surface area contributed by atoms with Crippen LogP contribution in [0, 0.1) is 12.7 Å². The van der Waals surface area contributed by atoms with Crippen molar-refractivity contribution in [3.8, 4) is 5.82 Å². The summed E-state index contributed by atoms with van der Waals surface area (Å²) in [5, 5.41) is 15.5. The van der Waals surface area contributed by atoms with Gasteiger partial charge in [-0.2, -0.15) is 9.78 Å². The first kappa shape index (κ1) is 17.1. The molecule has 0 radical (unpaired) electrons. The first-order chi connectivity index (χ1) is 12.4. The monoisotopic (exact) mass is 435 g/mol. The number of nitrogens with zero attached hydrogens (tertiary/aromatic N) is 4. The van der Waals surface area contributed by atoms with E-state index in [1.807, 2.05) is 6.92 Å². The highest BCUT2D eigenvalue weighted by Gasteiger charge is 2.33. The van der Waals surface area contributed by atoms with Crippen LogP contribution in [0.2, 0.25) is 5.15 Å². The normalized spacial score (nSPS) is 16.3. The Balaban J connectivity index is 1.86. The number of rotatable bonds is 2. The number of aromatic nitrogens is 4. The molecule has 1 aliphatic heterocycles. The van der Waals surface area contributed by atoms with Crippen molar-refractivity contribution in [3.05, 3.63) is 62.6 Å². The van der Waals surface area contributed by atoms with Crippen LogP contribution >= 0.6 is 27.5 Å². The van der Waals surface area contributed by atoms with E-state index in [-0.39, 0.29) is 29.2 Å². The largest absolute Gasteiger partial charge is 0.310 e. The minimum atomic E-state index is -0.349. The van der Waals surface area contributed by atoms with Crippen molar-refractivity contribution in [2.75, 3.05) is 5.32 Å². The van der Waals surface area contributed by atoms with Crippen LogP contribution in [-0.4, -0.2) is 25.9 Å².